The van der Waals surface area contributed by atoms with E-state index in [0.29, 0.717) is 5.82 Å². The molecule has 13 heavy (non-hydrogen) atoms. The largest absolute Gasteiger partial charge is 0.253 e. The molecule has 0 aromatic carbocycles. The van der Waals surface area contributed by atoms with Crippen molar-refractivity contribution in [3.63, 3.8) is 0 Å². The van der Waals surface area contributed by atoms with Crippen LogP contribution in [0.15, 0.2) is 36.8 Å². The Morgan fingerprint density at radius 2 is 1.62 bits per heavy atom. The number of pyridine rings is 1. The van der Waals surface area contributed by atoms with E-state index in [1.165, 1.54) is 0 Å². The fraction of sp³-hybridized carbons (Fsp3) is 0.100. The molecule has 2 aromatic heterocycles. The number of hydrogen-bond acceptors (Lipinski definition) is 3. The van der Waals surface area contributed by atoms with E-state index in [-0.39, 0.29) is 0 Å². The Balaban J connectivity index is 2.54. The number of hydrogen-bond donors (Lipinski definition) is 0. The van der Waals surface area contributed by atoms with E-state index in [2.05, 4.69) is 15.0 Å². The molecule has 0 bridgehead atoms. The van der Waals surface area contributed by atoms with Crippen LogP contribution in [0.4, 0.5) is 0 Å². The second-order valence-electron chi connectivity index (χ2n) is 2.74. The van der Waals surface area contributed by atoms with E-state index in [1.807, 2.05) is 19.1 Å². The lowest BCUT2D eigenvalue weighted by Crippen LogP contribution is -1.92. The lowest BCUT2D eigenvalue weighted by atomic mass is 10.2. The van der Waals surface area contributed by atoms with E-state index >= 15 is 0 Å². The van der Waals surface area contributed by atoms with Crippen molar-refractivity contribution in [2.45, 2.75) is 6.92 Å². The van der Waals surface area contributed by atoms with Crippen molar-refractivity contribution in [1.29, 1.82) is 0 Å². The second-order valence-corrected chi connectivity index (χ2v) is 2.74. The molecule has 0 N–H and O–H groups in total. The minimum Gasteiger partial charge on any atom is -0.253 e. The number of rotatable bonds is 1. The van der Waals surface area contributed by atoms with E-state index in [0.717, 1.165) is 11.3 Å². The van der Waals surface area contributed by atoms with Gasteiger partial charge in [-0.05, 0) is 24.6 Å². The Morgan fingerprint density at radius 3 is 2.31 bits per heavy atom. The average Bonchev–Trinajstić information content (AvgIpc) is 2.20. The van der Waals surface area contributed by atoms with Crippen molar-refractivity contribution >= 4 is 0 Å². The predicted octanol–water partition coefficient (Wildman–Crippen LogP) is 1.85. The zero-order valence-corrected chi connectivity index (χ0v) is 7.31. The molecule has 0 aliphatic rings. The minimum atomic E-state index is 0.681. The average molecular weight is 171 g/mol. The van der Waals surface area contributed by atoms with Gasteiger partial charge in [-0.25, -0.2) is 9.97 Å². The van der Waals surface area contributed by atoms with E-state index < -0.39 is 0 Å². The van der Waals surface area contributed by atoms with Crippen molar-refractivity contribution in [2.24, 2.45) is 0 Å². The summed E-state index contributed by atoms with van der Waals surface area (Å²) in [6, 6.07) is 5.70. The molecule has 3 nitrogen and oxygen atoms in total. The maximum Gasteiger partial charge on any atom is 0.178 e. The molecule has 2 aromatic rings. The highest BCUT2D eigenvalue weighted by molar-refractivity contribution is 5.53. The molecule has 2 heterocycles. The summed E-state index contributed by atoms with van der Waals surface area (Å²) in [5, 5.41) is 0. The zero-order chi connectivity index (χ0) is 9.10. The summed E-state index contributed by atoms with van der Waals surface area (Å²) in [4.78, 5) is 12.5. The lowest BCUT2D eigenvalue weighted by Gasteiger charge is -2.00. The maximum atomic E-state index is 4.22. The normalized spacial score (nSPS) is 9.92. The van der Waals surface area contributed by atoms with Gasteiger partial charge in [0.25, 0.3) is 0 Å². The summed E-state index contributed by atoms with van der Waals surface area (Å²) in [5.41, 5.74) is 1.94. The molecule has 0 amide bonds. The van der Waals surface area contributed by atoms with Crippen LogP contribution < -0.4 is 0 Å². The number of nitrogens with zero attached hydrogens (tertiary/aromatic N) is 3. The van der Waals surface area contributed by atoms with Crippen molar-refractivity contribution in [3.8, 4) is 11.5 Å². The van der Waals surface area contributed by atoms with Crippen LogP contribution in [0.25, 0.3) is 11.5 Å². The molecule has 0 aliphatic heterocycles. The van der Waals surface area contributed by atoms with Crippen LogP contribution in [0.5, 0.6) is 0 Å². The monoisotopic (exact) mass is 171 g/mol. The Hall–Kier alpha value is -1.77. The first-order valence-electron chi connectivity index (χ1n) is 4.07. The van der Waals surface area contributed by atoms with Gasteiger partial charge in [0, 0.05) is 18.6 Å². The van der Waals surface area contributed by atoms with Gasteiger partial charge in [-0.15, -0.1) is 0 Å². The van der Waals surface area contributed by atoms with Crippen molar-refractivity contribution in [2.75, 3.05) is 0 Å². The van der Waals surface area contributed by atoms with Crippen LogP contribution in [0.3, 0.4) is 0 Å². The van der Waals surface area contributed by atoms with Gasteiger partial charge in [-0.1, -0.05) is 6.07 Å². The highest BCUT2D eigenvalue weighted by Gasteiger charge is 2.03. The van der Waals surface area contributed by atoms with Gasteiger partial charge in [0.2, 0.25) is 0 Å². The Bertz CT molecular complexity index is 398. The number of aromatic nitrogens is 3. The van der Waals surface area contributed by atoms with Gasteiger partial charge in [-0.3, -0.25) is 4.98 Å². The first kappa shape index (κ1) is 7.86. The molecule has 0 aliphatic carbocycles. The van der Waals surface area contributed by atoms with Crippen LogP contribution in [-0.4, -0.2) is 15.0 Å². The van der Waals surface area contributed by atoms with E-state index in [1.54, 1.807) is 24.7 Å². The van der Waals surface area contributed by atoms with Crippen LogP contribution in [0.1, 0.15) is 5.56 Å². The van der Waals surface area contributed by atoms with Gasteiger partial charge < -0.3 is 0 Å². The van der Waals surface area contributed by atoms with Crippen molar-refractivity contribution in [1.82, 2.24) is 15.0 Å². The minimum absolute atomic E-state index is 0.681. The molecule has 0 unspecified atom stereocenters. The molecule has 0 atom stereocenters. The molecule has 0 radical (unpaired) electrons. The molecular formula is C10H9N3. The summed E-state index contributed by atoms with van der Waals surface area (Å²) in [6.07, 6.45) is 5.19. The van der Waals surface area contributed by atoms with Crippen LogP contribution in [0.2, 0.25) is 0 Å². The Kier molecular flexibility index (Phi) is 2.00. The second kappa shape index (κ2) is 3.31. The van der Waals surface area contributed by atoms with Gasteiger partial charge in [-0.2, -0.15) is 0 Å². The SMILES string of the molecule is Cc1cccnc1-c1ncccn1. The summed E-state index contributed by atoms with van der Waals surface area (Å²) >= 11 is 0. The zero-order valence-electron chi connectivity index (χ0n) is 7.31. The molecule has 2 rings (SSSR count). The lowest BCUT2D eigenvalue weighted by molar-refractivity contribution is 1.12. The first-order valence-corrected chi connectivity index (χ1v) is 4.07. The Morgan fingerprint density at radius 1 is 0.923 bits per heavy atom. The van der Waals surface area contributed by atoms with Crippen molar-refractivity contribution in [3.05, 3.63) is 42.4 Å². The molecule has 0 saturated carbocycles. The summed E-state index contributed by atoms with van der Waals surface area (Å²) in [6.45, 7) is 2.00. The fourth-order valence-corrected chi connectivity index (χ4v) is 1.14. The molecule has 0 fully saturated rings. The molecular weight excluding hydrogens is 162 g/mol. The quantitative estimate of drug-likeness (QED) is 0.657. The Labute approximate surface area is 76.5 Å². The highest BCUT2D eigenvalue weighted by atomic mass is 14.9. The first-order chi connectivity index (χ1) is 6.38. The topological polar surface area (TPSA) is 38.7 Å². The number of aryl methyl sites for hydroxylation is 1. The summed E-state index contributed by atoms with van der Waals surface area (Å²) in [7, 11) is 0. The van der Waals surface area contributed by atoms with Gasteiger partial charge >= 0.3 is 0 Å². The molecule has 3 heteroatoms. The predicted molar refractivity (Wildman–Crippen MR) is 50.0 cm³/mol. The van der Waals surface area contributed by atoms with Crippen molar-refractivity contribution < 1.29 is 0 Å². The van der Waals surface area contributed by atoms with E-state index in [4.69, 9.17) is 0 Å². The fourth-order valence-electron chi connectivity index (χ4n) is 1.14. The highest BCUT2D eigenvalue weighted by Crippen LogP contribution is 2.14. The molecule has 0 saturated heterocycles. The standard InChI is InChI=1S/C10H9N3/c1-8-4-2-5-11-9(8)10-12-6-3-7-13-10/h2-7H,1H3. The van der Waals surface area contributed by atoms with Gasteiger partial charge in [0.05, 0.1) is 0 Å². The third-order valence-corrected chi connectivity index (χ3v) is 1.79. The van der Waals surface area contributed by atoms with Gasteiger partial charge in [0.15, 0.2) is 5.82 Å². The van der Waals surface area contributed by atoms with Crippen LogP contribution >= 0.6 is 0 Å². The van der Waals surface area contributed by atoms with E-state index in [9.17, 15) is 0 Å². The third kappa shape index (κ3) is 1.54. The molecule has 0 spiro atoms. The van der Waals surface area contributed by atoms with Crippen LogP contribution in [-0.2, 0) is 0 Å². The molecule has 64 valence electrons. The summed E-state index contributed by atoms with van der Waals surface area (Å²) in [5.74, 6) is 0.681. The third-order valence-electron chi connectivity index (χ3n) is 1.79. The van der Waals surface area contributed by atoms with Gasteiger partial charge in [0.1, 0.15) is 5.69 Å². The summed E-state index contributed by atoms with van der Waals surface area (Å²) < 4.78 is 0. The van der Waals surface area contributed by atoms with Crippen LogP contribution in [0, 0.1) is 6.92 Å². The maximum absolute atomic E-state index is 4.22. The smallest absolute Gasteiger partial charge is 0.178 e.